The van der Waals surface area contributed by atoms with E-state index in [1.807, 2.05) is 19.1 Å². The zero-order valence-corrected chi connectivity index (χ0v) is 11.6. The van der Waals surface area contributed by atoms with Gasteiger partial charge in [0.05, 0.1) is 6.10 Å². The van der Waals surface area contributed by atoms with E-state index in [-0.39, 0.29) is 11.6 Å². The lowest BCUT2D eigenvalue weighted by Gasteiger charge is -2.29. The van der Waals surface area contributed by atoms with Crippen LogP contribution < -0.4 is 5.32 Å². The van der Waals surface area contributed by atoms with Gasteiger partial charge in [-0.2, -0.15) is 0 Å². The molecule has 0 amide bonds. The van der Waals surface area contributed by atoms with E-state index in [2.05, 4.69) is 45.1 Å². The molecule has 0 aliphatic rings. The van der Waals surface area contributed by atoms with Crippen molar-refractivity contribution in [1.82, 2.24) is 5.32 Å². The fourth-order valence-corrected chi connectivity index (χ4v) is 2.00. The van der Waals surface area contributed by atoms with Crippen LogP contribution in [0, 0.1) is 0 Å². The molecule has 2 nitrogen and oxygen atoms in total. The van der Waals surface area contributed by atoms with Gasteiger partial charge >= 0.3 is 0 Å². The summed E-state index contributed by atoms with van der Waals surface area (Å²) in [5, 5.41) is 13.6. The molecule has 0 saturated carbocycles. The Morgan fingerprint density at radius 2 is 1.71 bits per heavy atom. The summed E-state index contributed by atoms with van der Waals surface area (Å²) in [5.74, 6) is 0. The van der Waals surface area contributed by atoms with Crippen molar-refractivity contribution in [1.29, 1.82) is 0 Å². The number of benzene rings is 1. The number of aliphatic hydroxyl groups is 1. The fraction of sp³-hybridized carbons (Fsp3) is 0.600. The van der Waals surface area contributed by atoms with Crippen molar-refractivity contribution in [3.8, 4) is 0 Å². The van der Waals surface area contributed by atoms with Gasteiger partial charge in [0.1, 0.15) is 0 Å². The first-order valence-corrected chi connectivity index (χ1v) is 6.38. The third kappa shape index (κ3) is 4.49. The molecule has 0 heterocycles. The summed E-state index contributed by atoms with van der Waals surface area (Å²) >= 11 is 0. The highest BCUT2D eigenvalue weighted by molar-refractivity contribution is 5.25. The maximum atomic E-state index is 10.3. The van der Waals surface area contributed by atoms with E-state index in [0.717, 1.165) is 12.0 Å². The van der Waals surface area contributed by atoms with E-state index in [0.29, 0.717) is 0 Å². The Hall–Kier alpha value is -0.860. The normalized spacial score (nSPS) is 15.6. The van der Waals surface area contributed by atoms with Gasteiger partial charge in [-0.15, -0.1) is 0 Å². The van der Waals surface area contributed by atoms with Crippen molar-refractivity contribution in [2.24, 2.45) is 0 Å². The van der Waals surface area contributed by atoms with Crippen LogP contribution in [0.1, 0.15) is 51.8 Å². The first-order chi connectivity index (χ1) is 7.83. The van der Waals surface area contributed by atoms with Gasteiger partial charge < -0.3 is 10.4 Å². The van der Waals surface area contributed by atoms with Gasteiger partial charge in [0.2, 0.25) is 0 Å². The highest BCUT2D eigenvalue weighted by Gasteiger charge is 2.21. The van der Waals surface area contributed by atoms with Crippen LogP contribution in [-0.2, 0) is 6.42 Å². The van der Waals surface area contributed by atoms with Crippen LogP contribution in [-0.4, -0.2) is 16.7 Å². The quantitative estimate of drug-likeness (QED) is 0.840. The summed E-state index contributed by atoms with van der Waals surface area (Å²) in [5.41, 5.74) is 2.30. The molecule has 1 aromatic rings. The Kier molecular flexibility index (Phi) is 4.72. The number of aliphatic hydroxyl groups excluding tert-OH is 1. The molecule has 96 valence electrons. The molecule has 0 saturated heterocycles. The predicted octanol–water partition coefficient (Wildman–Crippen LogP) is 3.06. The lowest BCUT2D eigenvalue weighted by atomic mass is 9.99. The minimum Gasteiger partial charge on any atom is -0.387 e. The molecular weight excluding hydrogens is 210 g/mol. The van der Waals surface area contributed by atoms with Crippen LogP contribution in [0.4, 0.5) is 0 Å². The third-order valence-electron chi connectivity index (χ3n) is 2.86. The maximum absolute atomic E-state index is 10.3. The van der Waals surface area contributed by atoms with Gasteiger partial charge in [0.25, 0.3) is 0 Å². The Bertz CT molecular complexity index is 337. The number of hydrogen-bond acceptors (Lipinski definition) is 2. The van der Waals surface area contributed by atoms with Crippen LogP contribution in [0.5, 0.6) is 0 Å². The lowest BCUT2D eigenvalue weighted by molar-refractivity contribution is 0.121. The molecule has 0 aliphatic carbocycles. The highest BCUT2D eigenvalue weighted by Crippen LogP contribution is 2.19. The summed E-state index contributed by atoms with van der Waals surface area (Å²) in [6.07, 6.45) is 0.576. The molecule has 0 spiro atoms. The second-order valence-corrected chi connectivity index (χ2v) is 5.72. The van der Waals surface area contributed by atoms with Crippen molar-refractivity contribution in [3.05, 3.63) is 35.4 Å². The monoisotopic (exact) mass is 235 g/mol. The summed E-state index contributed by atoms with van der Waals surface area (Å²) < 4.78 is 0. The van der Waals surface area contributed by atoms with E-state index in [9.17, 15) is 5.11 Å². The lowest BCUT2D eigenvalue weighted by Crippen LogP contribution is -2.44. The molecule has 0 radical (unpaired) electrons. The number of rotatable bonds is 4. The van der Waals surface area contributed by atoms with Crippen LogP contribution in [0.15, 0.2) is 24.3 Å². The topological polar surface area (TPSA) is 32.3 Å². The second kappa shape index (κ2) is 5.65. The van der Waals surface area contributed by atoms with E-state index in [1.165, 1.54) is 5.56 Å². The summed E-state index contributed by atoms with van der Waals surface area (Å²) in [6, 6.07) is 8.25. The zero-order chi connectivity index (χ0) is 13.1. The average Bonchev–Trinajstić information content (AvgIpc) is 2.26. The molecule has 2 heteroatoms. The molecular formula is C15H25NO. The third-order valence-corrected chi connectivity index (χ3v) is 2.86. The van der Waals surface area contributed by atoms with Gasteiger partial charge in [-0.3, -0.25) is 0 Å². The van der Waals surface area contributed by atoms with Crippen molar-refractivity contribution < 1.29 is 5.11 Å². The first kappa shape index (κ1) is 14.2. The van der Waals surface area contributed by atoms with E-state index in [1.54, 1.807) is 0 Å². The molecule has 2 atom stereocenters. The van der Waals surface area contributed by atoms with Crippen molar-refractivity contribution in [2.75, 3.05) is 0 Å². The van der Waals surface area contributed by atoms with E-state index < -0.39 is 6.10 Å². The van der Waals surface area contributed by atoms with Crippen LogP contribution in [0.2, 0.25) is 0 Å². The molecule has 17 heavy (non-hydrogen) atoms. The van der Waals surface area contributed by atoms with Crippen LogP contribution in [0.25, 0.3) is 0 Å². The molecule has 0 aromatic heterocycles. The standard InChI is InChI=1S/C15H25NO/c1-6-12-7-9-13(10-8-12)14(17)11(2)16-15(3,4)5/h7-11,14,16-17H,6H2,1-5H3. The molecule has 1 aromatic carbocycles. The molecule has 0 aliphatic heterocycles. The molecule has 2 unspecified atom stereocenters. The zero-order valence-electron chi connectivity index (χ0n) is 11.6. The van der Waals surface area contributed by atoms with Gasteiger partial charge in [0, 0.05) is 11.6 Å². The van der Waals surface area contributed by atoms with Crippen molar-refractivity contribution >= 4 is 0 Å². The highest BCUT2D eigenvalue weighted by atomic mass is 16.3. The SMILES string of the molecule is CCc1ccc(C(O)C(C)NC(C)(C)C)cc1. The minimum absolute atomic E-state index is 0.0176. The molecule has 2 N–H and O–H groups in total. The largest absolute Gasteiger partial charge is 0.387 e. The summed E-state index contributed by atoms with van der Waals surface area (Å²) in [7, 11) is 0. The Morgan fingerprint density at radius 1 is 1.18 bits per heavy atom. The predicted molar refractivity (Wildman–Crippen MR) is 73.1 cm³/mol. The Labute approximate surface area is 105 Å². The van der Waals surface area contributed by atoms with Crippen LogP contribution in [0.3, 0.4) is 0 Å². The average molecular weight is 235 g/mol. The summed E-state index contributed by atoms with van der Waals surface area (Å²) in [6.45, 7) is 10.5. The Balaban J connectivity index is 2.71. The van der Waals surface area contributed by atoms with Crippen molar-refractivity contribution in [3.63, 3.8) is 0 Å². The summed E-state index contributed by atoms with van der Waals surface area (Å²) in [4.78, 5) is 0. The molecule has 1 rings (SSSR count). The minimum atomic E-state index is -0.458. The number of nitrogens with one attached hydrogen (secondary N) is 1. The van der Waals surface area contributed by atoms with Crippen molar-refractivity contribution in [2.45, 2.75) is 58.7 Å². The van der Waals surface area contributed by atoms with Crippen LogP contribution >= 0.6 is 0 Å². The van der Waals surface area contributed by atoms with E-state index >= 15 is 0 Å². The van der Waals surface area contributed by atoms with Gasteiger partial charge in [-0.25, -0.2) is 0 Å². The number of hydrogen-bond donors (Lipinski definition) is 2. The Morgan fingerprint density at radius 3 is 2.12 bits per heavy atom. The fourth-order valence-electron chi connectivity index (χ4n) is 2.00. The maximum Gasteiger partial charge on any atom is 0.0940 e. The smallest absolute Gasteiger partial charge is 0.0940 e. The van der Waals surface area contributed by atoms with Gasteiger partial charge in [-0.1, -0.05) is 31.2 Å². The van der Waals surface area contributed by atoms with Gasteiger partial charge in [-0.05, 0) is 45.2 Å². The van der Waals surface area contributed by atoms with Gasteiger partial charge in [0.15, 0.2) is 0 Å². The first-order valence-electron chi connectivity index (χ1n) is 6.38. The molecule has 0 fully saturated rings. The van der Waals surface area contributed by atoms with E-state index in [4.69, 9.17) is 0 Å². The number of aryl methyl sites for hydroxylation is 1. The molecule has 0 bridgehead atoms. The second-order valence-electron chi connectivity index (χ2n) is 5.72.